The maximum Gasteiger partial charge on any atom is 0.251 e. The summed E-state index contributed by atoms with van der Waals surface area (Å²) in [6.07, 6.45) is 0.389. The van der Waals surface area contributed by atoms with Gasteiger partial charge in [0.15, 0.2) is 6.29 Å². The lowest BCUT2D eigenvalue weighted by atomic mass is 9.45. The number of hydroxylamine groups is 2. The highest BCUT2D eigenvalue weighted by Gasteiger charge is 2.57. The topological polar surface area (TPSA) is 139 Å². The molecule has 0 spiro atoms. The first-order valence-corrected chi connectivity index (χ1v) is 22.6. The van der Waals surface area contributed by atoms with Gasteiger partial charge in [-0.15, -0.1) is 0 Å². The molecule has 13 nitrogen and oxygen atoms in total. The van der Waals surface area contributed by atoms with Crippen LogP contribution in [0.4, 0.5) is 5.69 Å². The normalized spacial score (nSPS) is 27.0. The number of carbonyl (C=O) groups is 2. The zero-order chi connectivity index (χ0) is 44.3. The van der Waals surface area contributed by atoms with Crippen molar-refractivity contribution in [2.24, 2.45) is 29.1 Å². The Morgan fingerprint density at radius 2 is 1.74 bits per heavy atom. The van der Waals surface area contributed by atoms with Gasteiger partial charge in [-0.2, -0.15) is 5.06 Å². The van der Waals surface area contributed by atoms with E-state index < -0.39 is 24.4 Å². The van der Waals surface area contributed by atoms with E-state index in [2.05, 4.69) is 59.4 Å². The molecular weight excluding hydrogens is 785 g/mol. The highest BCUT2D eigenvalue weighted by Crippen LogP contribution is 2.61. The Balaban J connectivity index is 1.20. The smallest absolute Gasteiger partial charge is 0.251 e. The maximum absolute atomic E-state index is 14.4. The van der Waals surface area contributed by atoms with E-state index in [0.29, 0.717) is 68.4 Å². The molecule has 62 heavy (non-hydrogen) atoms. The van der Waals surface area contributed by atoms with Crippen molar-refractivity contribution in [3.63, 3.8) is 0 Å². The molecule has 3 aliphatic carbocycles. The zero-order valence-electron chi connectivity index (χ0n) is 38.0. The number of amides is 2. The number of aliphatic hydroxyl groups excluding tert-OH is 2. The average molecular weight is 855 g/mol. The van der Waals surface area contributed by atoms with Crippen molar-refractivity contribution in [1.29, 1.82) is 0 Å². The van der Waals surface area contributed by atoms with E-state index in [0.717, 1.165) is 47.5 Å². The van der Waals surface area contributed by atoms with Gasteiger partial charge < -0.3 is 40.1 Å². The Bertz CT molecular complexity index is 1990. The number of nitrogens with zero attached hydrogens (tertiary/aromatic N) is 4. The number of ether oxygens (including phenoxy) is 2. The van der Waals surface area contributed by atoms with Crippen LogP contribution in [-0.2, 0) is 27.3 Å². The average Bonchev–Trinajstić information content (AvgIpc) is 3.57. The molecule has 3 aromatic carbocycles. The van der Waals surface area contributed by atoms with Crippen LogP contribution in [0.3, 0.4) is 0 Å². The summed E-state index contributed by atoms with van der Waals surface area (Å²) in [7, 11) is 7.93. The van der Waals surface area contributed by atoms with E-state index in [1.807, 2.05) is 81.6 Å². The first-order valence-electron chi connectivity index (χ1n) is 22.6. The maximum atomic E-state index is 14.4. The van der Waals surface area contributed by atoms with Crippen LogP contribution in [0, 0.1) is 29.1 Å². The highest BCUT2D eigenvalue weighted by molar-refractivity contribution is 5.97. The van der Waals surface area contributed by atoms with E-state index >= 15 is 0 Å². The van der Waals surface area contributed by atoms with Crippen molar-refractivity contribution >= 4 is 17.5 Å². The fourth-order valence-electron chi connectivity index (χ4n) is 10.5. The highest BCUT2D eigenvalue weighted by atomic mass is 16.8. The van der Waals surface area contributed by atoms with Crippen molar-refractivity contribution in [2.45, 2.75) is 84.0 Å². The molecule has 2 aliphatic heterocycles. The second kappa shape index (κ2) is 19.8. The van der Waals surface area contributed by atoms with Gasteiger partial charge in [0, 0.05) is 74.7 Å². The lowest BCUT2D eigenvalue weighted by molar-refractivity contribution is -0.231. The summed E-state index contributed by atoms with van der Waals surface area (Å²) < 4.78 is 12.4. The van der Waals surface area contributed by atoms with Crippen molar-refractivity contribution in [2.75, 3.05) is 79.1 Å². The van der Waals surface area contributed by atoms with Crippen LogP contribution in [0.1, 0.15) is 62.0 Å². The van der Waals surface area contributed by atoms with Crippen LogP contribution in [0.2, 0.25) is 0 Å². The van der Waals surface area contributed by atoms with Crippen LogP contribution < -0.4 is 20.3 Å². The summed E-state index contributed by atoms with van der Waals surface area (Å²) in [6.45, 7) is 13.3. The number of aliphatic hydroxyl groups is 2. The predicted molar refractivity (Wildman–Crippen MR) is 242 cm³/mol. The zero-order valence-corrected chi connectivity index (χ0v) is 38.0. The third kappa shape index (κ3) is 10.3. The van der Waals surface area contributed by atoms with E-state index in [4.69, 9.17) is 14.3 Å². The van der Waals surface area contributed by atoms with E-state index in [1.54, 1.807) is 6.92 Å². The fourth-order valence-corrected chi connectivity index (χ4v) is 10.5. The number of likely N-dealkylation sites (N-methyl/N-ethyl adjacent to an activating group) is 1. The second-order valence-electron chi connectivity index (χ2n) is 19.3. The molecule has 3 saturated carbocycles. The Kier molecular flexibility index (Phi) is 14.6. The van der Waals surface area contributed by atoms with Crippen LogP contribution in [0.15, 0.2) is 66.7 Å². The summed E-state index contributed by atoms with van der Waals surface area (Å²) in [5.74, 6) is 0.683. The second-order valence-corrected chi connectivity index (χ2v) is 19.3. The lowest BCUT2D eigenvalue weighted by Gasteiger charge is -2.62. The van der Waals surface area contributed by atoms with Gasteiger partial charge in [-0.3, -0.25) is 19.3 Å². The van der Waals surface area contributed by atoms with E-state index in [-0.39, 0.29) is 35.9 Å². The Morgan fingerprint density at radius 1 is 1.00 bits per heavy atom. The molecule has 2 bridgehead atoms. The SMILES string of the molecule is C[C@@H]1[C@@H](NC(=O)[C@@H]2[C@H]([C@H](C)O)C(O)ON2Cc2cccc(-c3cc(C(=O)N[C@@H](Cc4ccccc4)CN(C)C)cc(N(C)C)c3)c2OCCN2CCOCC2)C[C@H]2C[C@@H]1C2(C)C. The molecule has 13 heteroatoms. The van der Waals surface area contributed by atoms with Crippen molar-refractivity contribution in [3.05, 3.63) is 83.4 Å². The number of nitrogens with one attached hydrogen (secondary N) is 2. The van der Waals surface area contributed by atoms with Gasteiger partial charge >= 0.3 is 0 Å². The Labute approximate surface area is 368 Å². The molecule has 0 radical (unpaired) electrons. The lowest BCUT2D eigenvalue weighted by Crippen LogP contribution is -2.62. The largest absolute Gasteiger partial charge is 0.491 e. The van der Waals surface area contributed by atoms with E-state index in [9.17, 15) is 19.8 Å². The molecule has 8 rings (SSSR count). The number of benzene rings is 3. The Hall–Kier alpha value is -4.08. The van der Waals surface area contributed by atoms with Gasteiger partial charge in [0.05, 0.1) is 31.8 Å². The number of para-hydroxylation sites is 1. The number of carbonyl (C=O) groups excluding carboxylic acids is 2. The molecular formula is C49H70N6O7. The molecule has 2 heterocycles. The van der Waals surface area contributed by atoms with Gasteiger partial charge in [-0.25, -0.2) is 0 Å². The van der Waals surface area contributed by atoms with Crippen molar-refractivity contribution in [1.82, 2.24) is 25.5 Å². The monoisotopic (exact) mass is 855 g/mol. The number of hydrogen-bond donors (Lipinski definition) is 4. The third-order valence-electron chi connectivity index (χ3n) is 14.2. The summed E-state index contributed by atoms with van der Waals surface area (Å²) in [4.78, 5) is 41.1. The third-order valence-corrected chi connectivity index (χ3v) is 14.2. The first-order chi connectivity index (χ1) is 29.6. The minimum atomic E-state index is -1.38. The summed E-state index contributed by atoms with van der Waals surface area (Å²) in [6, 6.07) is 20.9. The minimum Gasteiger partial charge on any atom is -0.491 e. The van der Waals surface area contributed by atoms with E-state index in [1.165, 1.54) is 11.5 Å². The van der Waals surface area contributed by atoms with Gasteiger partial charge in [-0.05, 0) is 92.8 Å². The predicted octanol–water partition coefficient (Wildman–Crippen LogP) is 4.65. The van der Waals surface area contributed by atoms with Gasteiger partial charge in [0.25, 0.3) is 5.91 Å². The number of rotatable bonds is 17. The molecule has 4 N–H and O–H groups in total. The summed E-state index contributed by atoms with van der Waals surface area (Å²) >= 11 is 0. The van der Waals surface area contributed by atoms with Crippen LogP contribution in [0.5, 0.6) is 5.75 Å². The molecule has 0 aromatic heterocycles. The molecule has 2 saturated heterocycles. The van der Waals surface area contributed by atoms with Crippen molar-refractivity contribution < 1.29 is 34.1 Å². The molecule has 5 fully saturated rings. The number of hydrogen-bond acceptors (Lipinski definition) is 11. The van der Waals surface area contributed by atoms with Gasteiger partial charge in [0.1, 0.15) is 18.4 Å². The quantitative estimate of drug-likeness (QED) is 0.151. The fraction of sp³-hybridized carbons (Fsp3) is 0.592. The van der Waals surface area contributed by atoms with Crippen LogP contribution in [0.25, 0.3) is 11.1 Å². The first kappa shape index (κ1) is 45.9. The van der Waals surface area contributed by atoms with Crippen LogP contribution in [-0.4, -0.2) is 142 Å². The standard InChI is InChI=1S/C49H70N6O7/c1-31-41-27-37(49(41,3)4)28-42(31)51-47(58)44-43(32(2)56)48(59)62-55(44)29-34-15-12-16-40(45(34)61-22-19-54-17-20-60-21-18-54)35-24-36(26-39(25-35)53(7)8)46(57)50-38(30-52(5)6)23-33-13-10-9-11-14-33/h9-16,24-26,31-32,37-38,41-44,48,56,59H,17-23,27-30H2,1-8H3,(H,50,57)(H,51,58)/t31-,32-,37+,38-,41-,42-,43-,44-,48?/m0/s1. The molecule has 3 aromatic rings. The number of morpholine rings is 1. The molecule has 5 aliphatic rings. The Morgan fingerprint density at radius 3 is 2.40 bits per heavy atom. The van der Waals surface area contributed by atoms with Crippen molar-refractivity contribution in [3.8, 4) is 16.9 Å². The van der Waals surface area contributed by atoms with Gasteiger partial charge in [0.2, 0.25) is 5.91 Å². The molecule has 338 valence electrons. The molecule has 9 atom stereocenters. The number of fused-ring (bicyclic) bond motifs is 2. The van der Waals surface area contributed by atoms with Crippen LogP contribution >= 0.6 is 0 Å². The molecule has 2 amide bonds. The van der Waals surface area contributed by atoms with Gasteiger partial charge in [-0.1, -0.05) is 69.3 Å². The minimum absolute atomic E-state index is 0.00259. The summed E-state index contributed by atoms with van der Waals surface area (Å²) in [5, 5.41) is 30.4. The molecule has 1 unspecified atom stereocenters. The summed E-state index contributed by atoms with van der Waals surface area (Å²) in [5.41, 5.74) is 5.10. The number of anilines is 1.